The summed E-state index contributed by atoms with van der Waals surface area (Å²) in [6.07, 6.45) is 0. The molecule has 2 amide bonds. The van der Waals surface area contributed by atoms with Gasteiger partial charge in [0.1, 0.15) is 0 Å². The predicted molar refractivity (Wildman–Crippen MR) is 96.7 cm³/mol. The number of urea groups is 1. The lowest BCUT2D eigenvalue weighted by Crippen LogP contribution is -2.35. The molecule has 2 aromatic rings. The summed E-state index contributed by atoms with van der Waals surface area (Å²) in [6.45, 7) is 0. The topological polar surface area (TPSA) is 143 Å². The Hall–Kier alpha value is -2.86. The van der Waals surface area contributed by atoms with Crippen LogP contribution < -0.4 is 19.5 Å². The van der Waals surface area contributed by atoms with Crippen molar-refractivity contribution in [2.75, 3.05) is 19.5 Å². The summed E-state index contributed by atoms with van der Waals surface area (Å²) in [5.41, 5.74) is 0.0513. The quantitative estimate of drug-likeness (QED) is 0.326. The number of anilines is 1. The first-order valence-electron chi connectivity index (χ1n) is 6.94. The Morgan fingerprint density at radius 3 is 2.27 bits per heavy atom. The standard InChI is InChI=1S/C14H15N5O5S2/c1-23-10-7-11(24-2)17-13(16-10)18-14(20)19-26(21,22)9-6-4-3-5-8(9)12(15)25/h3-7H,1-2H3,(H2,15,25)(H2,16,17,18,19,20). The average Bonchev–Trinajstić information content (AvgIpc) is 2.60. The van der Waals surface area contributed by atoms with Crippen molar-refractivity contribution in [2.45, 2.75) is 4.90 Å². The van der Waals surface area contributed by atoms with Crippen molar-refractivity contribution in [3.63, 3.8) is 0 Å². The van der Waals surface area contributed by atoms with Crippen LogP contribution >= 0.6 is 12.6 Å². The van der Waals surface area contributed by atoms with Crippen LogP contribution in [0.5, 0.6) is 11.8 Å². The molecule has 0 aliphatic rings. The second kappa shape index (κ2) is 8.01. The molecule has 26 heavy (non-hydrogen) atoms. The normalized spacial score (nSPS) is 10.7. The summed E-state index contributed by atoms with van der Waals surface area (Å²) in [5, 5.41) is 9.46. The molecule has 0 saturated carbocycles. The molecule has 0 aliphatic carbocycles. The fourth-order valence-corrected chi connectivity index (χ4v) is 3.26. The van der Waals surface area contributed by atoms with E-state index in [0.717, 1.165) is 0 Å². The first kappa shape index (κ1) is 19.5. The van der Waals surface area contributed by atoms with E-state index in [-0.39, 0.29) is 33.2 Å². The van der Waals surface area contributed by atoms with E-state index in [0.29, 0.717) is 0 Å². The number of benzene rings is 1. The zero-order valence-corrected chi connectivity index (χ0v) is 15.4. The summed E-state index contributed by atoms with van der Waals surface area (Å²) < 4.78 is 36.5. The van der Waals surface area contributed by atoms with Crippen molar-refractivity contribution in [1.29, 1.82) is 5.41 Å². The first-order valence-corrected chi connectivity index (χ1v) is 8.87. The lowest BCUT2D eigenvalue weighted by atomic mass is 10.2. The summed E-state index contributed by atoms with van der Waals surface area (Å²) in [7, 11) is -1.54. The third kappa shape index (κ3) is 4.61. The van der Waals surface area contributed by atoms with Crippen molar-refractivity contribution < 1.29 is 22.7 Å². The molecule has 0 fully saturated rings. The van der Waals surface area contributed by atoms with Gasteiger partial charge in [0.2, 0.25) is 17.7 Å². The Balaban J connectivity index is 2.23. The molecule has 1 aromatic carbocycles. The molecule has 1 aromatic heterocycles. The molecular weight excluding hydrogens is 382 g/mol. The summed E-state index contributed by atoms with van der Waals surface area (Å²) in [5.74, 6) is 0.0110. The fourth-order valence-electron chi connectivity index (χ4n) is 1.87. The maximum absolute atomic E-state index is 12.4. The van der Waals surface area contributed by atoms with E-state index in [2.05, 4.69) is 27.9 Å². The molecule has 0 unspecified atom stereocenters. The van der Waals surface area contributed by atoms with Crippen molar-refractivity contribution in [2.24, 2.45) is 0 Å². The summed E-state index contributed by atoms with van der Waals surface area (Å²) >= 11 is 3.85. The molecular formula is C14H15N5O5S2. The Morgan fingerprint density at radius 2 is 1.73 bits per heavy atom. The minimum Gasteiger partial charge on any atom is -0.481 e. The van der Waals surface area contributed by atoms with E-state index in [1.165, 1.54) is 38.5 Å². The number of ether oxygens (including phenoxy) is 2. The highest BCUT2D eigenvalue weighted by Gasteiger charge is 2.22. The van der Waals surface area contributed by atoms with Crippen LogP contribution in [0.15, 0.2) is 35.2 Å². The Morgan fingerprint density at radius 1 is 1.15 bits per heavy atom. The predicted octanol–water partition coefficient (Wildman–Crippen LogP) is 1.26. The van der Waals surface area contributed by atoms with Crippen molar-refractivity contribution in [3.8, 4) is 11.8 Å². The molecule has 3 N–H and O–H groups in total. The van der Waals surface area contributed by atoms with Gasteiger partial charge >= 0.3 is 6.03 Å². The Labute approximate surface area is 154 Å². The highest BCUT2D eigenvalue weighted by molar-refractivity contribution is 7.97. The van der Waals surface area contributed by atoms with Gasteiger partial charge in [-0.05, 0) is 6.07 Å². The zero-order valence-electron chi connectivity index (χ0n) is 13.7. The fraction of sp³-hybridized carbons (Fsp3) is 0.143. The molecule has 2 rings (SSSR count). The summed E-state index contributed by atoms with van der Waals surface area (Å²) in [6, 6.07) is 5.95. The largest absolute Gasteiger partial charge is 0.481 e. The molecule has 0 aliphatic heterocycles. The number of hydrogen-bond acceptors (Lipinski definition) is 8. The average molecular weight is 397 g/mol. The molecule has 0 bridgehead atoms. The van der Waals surface area contributed by atoms with E-state index < -0.39 is 16.1 Å². The third-order valence-electron chi connectivity index (χ3n) is 2.98. The first-order chi connectivity index (χ1) is 12.3. The van der Waals surface area contributed by atoms with Crippen molar-refractivity contribution >= 4 is 39.7 Å². The smallest absolute Gasteiger partial charge is 0.335 e. The van der Waals surface area contributed by atoms with Gasteiger partial charge in [0, 0.05) is 5.56 Å². The van der Waals surface area contributed by atoms with Gasteiger partial charge in [-0.25, -0.2) is 17.9 Å². The number of carbonyl (C=O) groups is 1. The van der Waals surface area contributed by atoms with Crippen LogP contribution in [0.4, 0.5) is 10.7 Å². The van der Waals surface area contributed by atoms with Gasteiger partial charge in [0.05, 0.1) is 30.2 Å². The SMILES string of the molecule is COc1cc(OC)nc(NC(=O)NS(=O)(=O)c2ccccc2C(=N)S)n1. The highest BCUT2D eigenvalue weighted by atomic mass is 32.2. The second-order valence-electron chi connectivity index (χ2n) is 4.68. The van der Waals surface area contributed by atoms with Gasteiger partial charge in [0.15, 0.2) is 0 Å². The maximum atomic E-state index is 12.4. The van der Waals surface area contributed by atoms with Crippen LogP contribution in [0.3, 0.4) is 0 Å². The molecule has 12 heteroatoms. The minimum absolute atomic E-state index is 0.0513. The van der Waals surface area contributed by atoms with Crippen LogP contribution in [-0.4, -0.2) is 43.7 Å². The van der Waals surface area contributed by atoms with Crippen LogP contribution in [0.1, 0.15) is 5.56 Å². The van der Waals surface area contributed by atoms with Crippen LogP contribution in [-0.2, 0) is 10.0 Å². The Bertz CT molecular complexity index is 926. The van der Waals surface area contributed by atoms with Gasteiger partial charge in [-0.2, -0.15) is 9.97 Å². The summed E-state index contributed by atoms with van der Waals surface area (Å²) in [4.78, 5) is 19.5. The molecule has 10 nitrogen and oxygen atoms in total. The monoisotopic (exact) mass is 397 g/mol. The van der Waals surface area contributed by atoms with E-state index in [9.17, 15) is 13.2 Å². The number of nitrogens with zero attached hydrogens (tertiary/aromatic N) is 2. The van der Waals surface area contributed by atoms with Crippen LogP contribution in [0.2, 0.25) is 0 Å². The van der Waals surface area contributed by atoms with Gasteiger partial charge in [-0.1, -0.05) is 18.2 Å². The number of sulfonamides is 1. The number of thiol groups is 1. The Kier molecular flexibility index (Phi) is 6.00. The minimum atomic E-state index is -4.26. The lowest BCUT2D eigenvalue weighted by Gasteiger charge is -2.11. The molecule has 0 spiro atoms. The van der Waals surface area contributed by atoms with E-state index in [4.69, 9.17) is 14.9 Å². The van der Waals surface area contributed by atoms with Crippen LogP contribution in [0, 0.1) is 5.41 Å². The highest BCUT2D eigenvalue weighted by Crippen LogP contribution is 2.19. The van der Waals surface area contributed by atoms with Gasteiger partial charge in [-0.3, -0.25) is 10.7 Å². The number of hydrogen-bond donors (Lipinski definition) is 4. The van der Waals surface area contributed by atoms with E-state index >= 15 is 0 Å². The zero-order chi connectivity index (χ0) is 19.3. The van der Waals surface area contributed by atoms with Gasteiger partial charge < -0.3 is 9.47 Å². The molecule has 0 atom stereocenters. The molecule has 1 heterocycles. The van der Waals surface area contributed by atoms with Crippen molar-refractivity contribution in [3.05, 3.63) is 35.9 Å². The number of carbonyl (C=O) groups excluding carboxylic acids is 1. The third-order valence-corrected chi connectivity index (χ3v) is 4.61. The molecule has 138 valence electrons. The van der Waals surface area contributed by atoms with E-state index in [1.54, 1.807) is 6.07 Å². The number of amides is 2. The number of nitrogens with one attached hydrogen (secondary N) is 3. The van der Waals surface area contributed by atoms with E-state index in [1.807, 2.05) is 4.72 Å². The number of methoxy groups -OCH3 is 2. The number of rotatable bonds is 6. The van der Waals surface area contributed by atoms with Gasteiger partial charge in [0.25, 0.3) is 10.0 Å². The van der Waals surface area contributed by atoms with Crippen LogP contribution in [0.25, 0.3) is 0 Å². The second-order valence-corrected chi connectivity index (χ2v) is 6.78. The lowest BCUT2D eigenvalue weighted by molar-refractivity contribution is 0.256. The maximum Gasteiger partial charge on any atom is 0.335 e. The van der Waals surface area contributed by atoms with Crippen molar-refractivity contribution in [1.82, 2.24) is 14.7 Å². The van der Waals surface area contributed by atoms with Gasteiger partial charge in [-0.15, -0.1) is 12.6 Å². The number of aromatic nitrogens is 2. The molecule has 0 radical (unpaired) electrons. The molecule has 0 saturated heterocycles.